The Morgan fingerprint density at radius 2 is 1.83 bits per heavy atom. The topological polar surface area (TPSA) is 48.1 Å². The maximum absolute atomic E-state index is 6.44. The van der Waals surface area contributed by atoms with Crippen LogP contribution < -0.4 is 10.5 Å². The molecule has 0 aliphatic carbocycles. The molecule has 3 nitrogen and oxygen atoms in total. The number of nitrogens with two attached hydrogens (primary N) is 1. The standard InChI is InChI=1S/C15H18N2O/c1-11-6-8-12(9-7-11)15(2,16)14-13(18-3)5-4-10-17-14/h4-10H,16H2,1-3H3. The monoisotopic (exact) mass is 242 g/mol. The molecule has 2 aromatic rings. The smallest absolute Gasteiger partial charge is 0.142 e. The Morgan fingerprint density at radius 1 is 1.17 bits per heavy atom. The molecule has 1 atom stereocenters. The predicted octanol–water partition coefficient (Wildman–Crippen LogP) is 2.62. The van der Waals surface area contributed by atoms with Crippen LogP contribution in [-0.2, 0) is 5.54 Å². The minimum absolute atomic E-state index is 0.666. The number of benzene rings is 1. The fraction of sp³-hybridized carbons (Fsp3) is 0.267. The van der Waals surface area contributed by atoms with E-state index in [-0.39, 0.29) is 0 Å². The summed E-state index contributed by atoms with van der Waals surface area (Å²) in [5.74, 6) is 0.711. The SMILES string of the molecule is COc1cccnc1C(C)(N)c1ccc(C)cc1. The van der Waals surface area contributed by atoms with E-state index in [1.165, 1.54) is 5.56 Å². The summed E-state index contributed by atoms with van der Waals surface area (Å²) in [6.07, 6.45) is 1.73. The predicted molar refractivity (Wildman–Crippen MR) is 72.6 cm³/mol. The van der Waals surface area contributed by atoms with Crippen molar-refractivity contribution in [2.75, 3.05) is 7.11 Å². The summed E-state index contributed by atoms with van der Waals surface area (Å²) in [5.41, 5.74) is 8.75. The number of aromatic nitrogens is 1. The van der Waals surface area contributed by atoms with E-state index in [4.69, 9.17) is 10.5 Å². The Morgan fingerprint density at radius 3 is 2.44 bits per heavy atom. The second kappa shape index (κ2) is 4.78. The minimum Gasteiger partial charge on any atom is -0.495 e. The lowest BCUT2D eigenvalue weighted by molar-refractivity contribution is 0.393. The number of aryl methyl sites for hydroxylation is 1. The second-order valence-corrected chi connectivity index (χ2v) is 4.62. The van der Waals surface area contributed by atoms with Crippen LogP contribution in [0.15, 0.2) is 42.6 Å². The molecule has 2 rings (SSSR count). The van der Waals surface area contributed by atoms with Gasteiger partial charge in [-0.25, -0.2) is 0 Å². The van der Waals surface area contributed by atoms with Crippen LogP contribution in [0.2, 0.25) is 0 Å². The average Bonchev–Trinajstić information content (AvgIpc) is 2.39. The van der Waals surface area contributed by atoms with E-state index < -0.39 is 5.54 Å². The van der Waals surface area contributed by atoms with Crippen molar-refractivity contribution in [2.24, 2.45) is 5.73 Å². The molecule has 0 radical (unpaired) electrons. The summed E-state index contributed by atoms with van der Waals surface area (Å²) in [6, 6.07) is 11.9. The molecule has 0 saturated heterocycles. The molecular formula is C15H18N2O. The van der Waals surface area contributed by atoms with Gasteiger partial charge in [0.05, 0.1) is 12.6 Å². The Hall–Kier alpha value is -1.87. The summed E-state index contributed by atoms with van der Waals surface area (Å²) < 4.78 is 5.33. The van der Waals surface area contributed by atoms with E-state index in [1.807, 2.05) is 31.2 Å². The van der Waals surface area contributed by atoms with Crippen molar-refractivity contribution in [3.63, 3.8) is 0 Å². The molecule has 0 amide bonds. The van der Waals surface area contributed by atoms with Crippen LogP contribution in [0.1, 0.15) is 23.7 Å². The molecular weight excluding hydrogens is 224 g/mol. The summed E-state index contributed by atoms with van der Waals surface area (Å²) >= 11 is 0. The molecule has 1 unspecified atom stereocenters. The number of methoxy groups -OCH3 is 1. The van der Waals surface area contributed by atoms with Gasteiger partial charge in [0.25, 0.3) is 0 Å². The first-order valence-electron chi connectivity index (χ1n) is 5.91. The van der Waals surface area contributed by atoms with Gasteiger partial charge in [-0.2, -0.15) is 0 Å². The first-order chi connectivity index (χ1) is 8.55. The van der Waals surface area contributed by atoms with E-state index in [9.17, 15) is 0 Å². The molecule has 0 saturated carbocycles. The van der Waals surface area contributed by atoms with E-state index in [2.05, 4.69) is 24.0 Å². The van der Waals surface area contributed by atoms with Gasteiger partial charge < -0.3 is 10.5 Å². The fourth-order valence-corrected chi connectivity index (χ4v) is 1.98. The van der Waals surface area contributed by atoms with E-state index in [0.29, 0.717) is 5.75 Å². The van der Waals surface area contributed by atoms with E-state index in [1.54, 1.807) is 13.3 Å². The van der Waals surface area contributed by atoms with Crippen molar-refractivity contribution in [2.45, 2.75) is 19.4 Å². The van der Waals surface area contributed by atoms with Gasteiger partial charge in [-0.3, -0.25) is 4.98 Å². The second-order valence-electron chi connectivity index (χ2n) is 4.62. The Labute approximate surface area is 108 Å². The van der Waals surface area contributed by atoms with Crippen LogP contribution in [0.3, 0.4) is 0 Å². The Balaban J connectivity index is 2.50. The van der Waals surface area contributed by atoms with Gasteiger partial charge in [0.2, 0.25) is 0 Å². The van der Waals surface area contributed by atoms with Crippen LogP contribution in [0.25, 0.3) is 0 Å². The number of hydrogen-bond donors (Lipinski definition) is 1. The lowest BCUT2D eigenvalue weighted by atomic mass is 9.88. The molecule has 0 bridgehead atoms. The van der Waals surface area contributed by atoms with Crippen molar-refractivity contribution in [1.82, 2.24) is 4.98 Å². The molecule has 18 heavy (non-hydrogen) atoms. The Kier molecular flexibility index (Phi) is 3.34. The van der Waals surface area contributed by atoms with Crippen LogP contribution in [0, 0.1) is 6.92 Å². The van der Waals surface area contributed by atoms with Crippen LogP contribution in [0.4, 0.5) is 0 Å². The molecule has 1 aromatic heterocycles. The van der Waals surface area contributed by atoms with Gasteiger partial charge in [0.1, 0.15) is 11.4 Å². The lowest BCUT2D eigenvalue weighted by Crippen LogP contribution is -2.35. The maximum atomic E-state index is 6.44. The van der Waals surface area contributed by atoms with Crippen LogP contribution >= 0.6 is 0 Å². The largest absolute Gasteiger partial charge is 0.495 e. The zero-order valence-electron chi connectivity index (χ0n) is 11.0. The zero-order chi connectivity index (χ0) is 13.2. The molecule has 0 fully saturated rings. The summed E-state index contributed by atoms with van der Waals surface area (Å²) in [6.45, 7) is 4.00. The number of ether oxygens (including phenoxy) is 1. The highest BCUT2D eigenvalue weighted by atomic mass is 16.5. The van der Waals surface area contributed by atoms with E-state index in [0.717, 1.165) is 11.3 Å². The van der Waals surface area contributed by atoms with E-state index >= 15 is 0 Å². The quantitative estimate of drug-likeness (QED) is 0.900. The molecule has 0 aliphatic rings. The third-order valence-electron chi connectivity index (χ3n) is 3.13. The molecule has 1 aromatic carbocycles. The third-order valence-corrected chi connectivity index (χ3v) is 3.13. The van der Waals surface area contributed by atoms with Crippen molar-refractivity contribution < 1.29 is 4.74 Å². The summed E-state index contributed by atoms with van der Waals surface area (Å²) in [4.78, 5) is 4.37. The zero-order valence-corrected chi connectivity index (χ0v) is 11.0. The number of hydrogen-bond acceptors (Lipinski definition) is 3. The minimum atomic E-state index is -0.666. The van der Waals surface area contributed by atoms with Crippen LogP contribution in [-0.4, -0.2) is 12.1 Å². The van der Waals surface area contributed by atoms with Gasteiger partial charge in [-0.15, -0.1) is 0 Å². The van der Waals surface area contributed by atoms with Gasteiger partial charge in [-0.1, -0.05) is 29.8 Å². The molecule has 0 spiro atoms. The van der Waals surface area contributed by atoms with Crippen molar-refractivity contribution in [3.05, 3.63) is 59.4 Å². The number of nitrogens with zero attached hydrogens (tertiary/aromatic N) is 1. The van der Waals surface area contributed by atoms with Gasteiger partial charge in [0.15, 0.2) is 0 Å². The first kappa shape index (κ1) is 12.6. The highest BCUT2D eigenvalue weighted by molar-refractivity contribution is 5.41. The maximum Gasteiger partial charge on any atom is 0.142 e. The summed E-state index contributed by atoms with van der Waals surface area (Å²) in [5, 5.41) is 0. The third kappa shape index (κ3) is 2.22. The molecule has 2 N–H and O–H groups in total. The van der Waals surface area contributed by atoms with Gasteiger partial charge in [-0.05, 0) is 31.5 Å². The molecule has 1 heterocycles. The highest BCUT2D eigenvalue weighted by Crippen LogP contribution is 2.31. The molecule has 3 heteroatoms. The van der Waals surface area contributed by atoms with Crippen molar-refractivity contribution in [1.29, 1.82) is 0 Å². The number of rotatable bonds is 3. The average molecular weight is 242 g/mol. The lowest BCUT2D eigenvalue weighted by Gasteiger charge is -2.26. The fourth-order valence-electron chi connectivity index (χ4n) is 1.98. The molecule has 94 valence electrons. The van der Waals surface area contributed by atoms with Gasteiger partial charge in [0, 0.05) is 6.20 Å². The summed E-state index contributed by atoms with van der Waals surface area (Å²) in [7, 11) is 1.63. The van der Waals surface area contributed by atoms with Crippen molar-refractivity contribution in [3.8, 4) is 5.75 Å². The highest BCUT2D eigenvalue weighted by Gasteiger charge is 2.28. The normalized spacial score (nSPS) is 14.0. The molecule has 0 aliphatic heterocycles. The van der Waals surface area contributed by atoms with Crippen molar-refractivity contribution >= 4 is 0 Å². The van der Waals surface area contributed by atoms with Gasteiger partial charge >= 0.3 is 0 Å². The van der Waals surface area contributed by atoms with Crippen LogP contribution in [0.5, 0.6) is 5.75 Å². The first-order valence-corrected chi connectivity index (χ1v) is 5.91. The number of pyridine rings is 1. The Bertz CT molecular complexity index is 532.